The molecule has 0 heterocycles. The standard InChI is InChI=1S/C18H26O4.C16H22O4/c1-3-5-9-13-21-17(19)15-11-7-8-12-16(15)18(20)22-14-10-6-4-2;1-3-5-11-19-15(17)13-9-7-8-10-14(13)16(18)20-12-6-4-2/h7-8,11-12H,3-6,9-10,13-14H2,1-2H3;7-10H,3-6,11-12H2,1-2H3. The molecular formula is C34H48O8. The summed E-state index contributed by atoms with van der Waals surface area (Å²) in [7, 11) is 0. The lowest BCUT2D eigenvalue weighted by molar-refractivity contribution is 0.0451. The second kappa shape index (κ2) is 22.9. The number of benzene rings is 2. The Morgan fingerprint density at radius 1 is 0.405 bits per heavy atom. The van der Waals surface area contributed by atoms with Crippen LogP contribution in [0.25, 0.3) is 0 Å². The maximum Gasteiger partial charge on any atom is 0.339 e. The summed E-state index contributed by atoms with van der Waals surface area (Å²) >= 11 is 0. The normalized spacial score (nSPS) is 10.2. The van der Waals surface area contributed by atoms with Gasteiger partial charge in [-0.15, -0.1) is 0 Å². The fraction of sp³-hybridized carbons (Fsp3) is 0.529. The maximum atomic E-state index is 12.1. The maximum absolute atomic E-state index is 12.1. The molecule has 42 heavy (non-hydrogen) atoms. The molecule has 0 radical (unpaired) electrons. The molecule has 0 fully saturated rings. The van der Waals surface area contributed by atoms with Gasteiger partial charge in [0.05, 0.1) is 48.7 Å². The average molecular weight is 585 g/mol. The number of hydrogen-bond acceptors (Lipinski definition) is 8. The first kappa shape index (κ1) is 36.3. The van der Waals surface area contributed by atoms with E-state index in [9.17, 15) is 19.2 Å². The van der Waals surface area contributed by atoms with Crippen molar-refractivity contribution in [3.8, 4) is 0 Å². The largest absolute Gasteiger partial charge is 0.462 e. The second-order valence-corrected chi connectivity index (χ2v) is 9.76. The zero-order chi connectivity index (χ0) is 31.0. The quantitative estimate of drug-likeness (QED) is 0.0986. The minimum absolute atomic E-state index is 0.269. The molecule has 0 aliphatic rings. The van der Waals surface area contributed by atoms with Crippen LogP contribution in [0.3, 0.4) is 0 Å². The van der Waals surface area contributed by atoms with Crippen molar-refractivity contribution < 1.29 is 38.1 Å². The Morgan fingerprint density at radius 3 is 0.881 bits per heavy atom. The fourth-order valence-corrected chi connectivity index (χ4v) is 3.64. The van der Waals surface area contributed by atoms with Gasteiger partial charge in [-0.3, -0.25) is 0 Å². The van der Waals surface area contributed by atoms with Crippen molar-refractivity contribution >= 4 is 23.9 Å². The van der Waals surface area contributed by atoms with E-state index in [4.69, 9.17) is 18.9 Å². The molecule has 232 valence electrons. The van der Waals surface area contributed by atoms with Crippen molar-refractivity contribution in [1.82, 2.24) is 0 Å². The molecule has 0 spiro atoms. The van der Waals surface area contributed by atoms with Crippen molar-refractivity contribution in [3.63, 3.8) is 0 Å². The average Bonchev–Trinajstić information content (AvgIpc) is 3.01. The summed E-state index contributed by atoms with van der Waals surface area (Å²) in [5, 5.41) is 0. The molecule has 0 saturated heterocycles. The molecule has 0 saturated carbocycles. The third-order valence-corrected chi connectivity index (χ3v) is 6.16. The lowest BCUT2D eigenvalue weighted by Gasteiger charge is -2.09. The number of carbonyl (C=O) groups is 4. The van der Waals surface area contributed by atoms with Gasteiger partial charge in [0, 0.05) is 0 Å². The lowest BCUT2D eigenvalue weighted by atomic mass is 10.1. The first-order valence-electron chi connectivity index (χ1n) is 15.3. The third kappa shape index (κ3) is 14.3. The van der Waals surface area contributed by atoms with Crippen molar-refractivity contribution in [3.05, 3.63) is 70.8 Å². The van der Waals surface area contributed by atoms with E-state index in [2.05, 4.69) is 13.8 Å². The second-order valence-electron chi connectivity index (χ2n) is 9.76. The van der Waals surface area contributed by atoms with Gasteiger partial charge in [0.25, 0.3) is 0 Å². The molecule has 0 atom stereocenters. The fourth-order valence-electron chi connectivity index (χ4n) is 3.64. The third-order valence-electron chi connectivity index (χ3n) is 6.16. The highest BCUT2D eigenvalue weighted by molar-refractivity contribution is 6.03. The van der Waals surface area contributed by atoms with Crippen LogP contribution in [0.5, 0.6) is 0 Å². The highest BCUT2D eigenvalue weighted by atomic mass is 16.5. The van der Waals surface area contributed by atoms with Crippen molar-refractivity contribution in [2.75, 3.05) is 26.4 Å². The number of carbonyl (C=O) groups excluding carboxylic acids is 4. The lowest BCUT2D eigenvalue weighted by Crippen LogP contribution is -2.15. The number of rotatable bonds is 18. The van der Waals surface area contributed by atoms with Crippen LogP contribution in [0, 0.1) is 0 Å². The molecule has 0 amide bonds. The van der Waals surface area contributed by atoms with Gasteiger partial charge in [0.15, 0.2) is 0 Å². The Balaban J connectivity index is 0.000000422. The zero-order valence-electron chi connectivity index (χ0n) is 25.8. The van der Waals surface area contributed by atoms with Gasteiger partial charge in [-0.05, 0) is 49.9 Å². The first-order chi connectivity index (χ1) is 20.4. The van der Waals surface area contributed by atoms with E-state index in [1.165, 1.54) is 0 Å². The van der Waals surface area contributed by atoms with Crippen LogP contribution in [0.15, 0.2) is 48.5 Å². The van der Waals surface area contributed by atoms with Crippen molar-refractivity contribution in [1.29, 1.82) is 0 Å². The van der Waals surface area contributed by atoms with Gasteiger partial charge in [-0.2, -0.15) is 0 Å². The minimum Gasteiger partial charge on any atom is -0.462 e. The summed E-state index contributed by atoms with van der Waals surface area (Å²) < 4.78 is 20.7. The highest BCUT2D eigenvalue weighted by Gasteiger charge is 2.19. The first-order valence-corrected chi connectivity index (χ1v) is 15.3. The SMILES string of the molecule is CCCCCOC(=O)c1ccccc1C(=O)OCCCCC.CCCCOC(=O)c1ccccc1C(=O)OCCCC. The van der Waals surface area contributed by atoms with Gasteiger partial charge in [0.2, 0.25) is 0 Å². The van der Waals surface area contributed by atoms with E-state index in [0.29, 0.717) is 26.4 Å². The van der Waals surface area contributed by atoms with Gasteiger partial charge >= 0.3 is 23.9 Å². The van der Waals surface area contributed by atoms with Crippen LogP contribution in [0.4, 0.5) is 0 Å². The molecule has 8 heteroatoms. The van der Waals surface area contributed by atoms with Crippen LogP contribution in [-0.4, -0.2) is 50.3 Å². The van der Waals surface area contributed by atoms with Gasteiger partial charge in [0.1, 0.15) is 0 Å². The molecule has 2 aromatic carbocycles. The van der Waals surface area contributed by atoms with E-state index in [0.717, 1.165) is 64.2 Å². The van der Waals surface area contributed by atoms with E-state index >= 15 is 0 Å². The van der Waals surface area contributed by atoms with Crippen LogP contribution < -0.4 is 0 Å². The van der Waals surface area contributed by atoms with Crippen LogP contribution in [0.2, 0.25) is 0 Å². The molecule has 8 nitrogen and oxygen atoms in total. The van der Waals surface area contributed by atoms with Gasteiger partial charge in [-0.25, -0.2) is 19.2 Å². The number of ether oxygens (including phenoxy) is 4. The number of esters is 4. The molecule has 2 aromatic rings. The zero-order valence-corrected chi connectivity index (χ0v) is 25.8. The van der Waals surface area contributed by atoms with Crippen LogP contribution in [0.1, 0.15) is 133 Å². The van der Waals surface area contributed by atoms with Gasteiger partial charge in [-0.1, -0.05) is 90.5 Å². The van der Waals surface area contributed by atoms with E-state index < -0.39 is 23.9 Å². The Morgan fingerprint density at radius 2 is 0.643 bits per heavy atom. The molecule has 0 aliphatic heterocycles. The van der Waals surface area contributed by atoms with E-state index in [1.54, 1.807) is 48.5 Å². The monoisotopic (exact) mass is 584 g/mol. The van der Waals surface area contributed by atoms with Gasteiger partial charge < -0.3 is 18.9 Å². The number of hydrogen-bond donors (Lipinski definition) is 0. The predicted octanol–water partition coefficient (Wildman–Crippen LogP) is 7.98. The molecule has 0 N–H and O–H groups in total. The van der Waals surface area contributed by atoms with Crippen molar-refractivity contribution in [2.24, 2.45) is 0 Å². The summed E-state index contributed by atoms with van der Waals surface area (Å²) in [5.74, 6) is -1.86. The minimum atomic E-state index is -0.471. The molecule has 0 aromatic heterocycles. The molecule has 2 rings (SSSR count). The highest BCUT2D eigenvalue weighted by Crippen LogP contribution is 2.14. The van der Waals surface area contributed by atoms with Crippen LogP contribution in [-0.2, 0) is 18.9 Å². The Labute approximate surface area is 251 Å². The van der Waals surface area contributed by atoms with Crippen LogP contribution >= 0.6 is 0 Å². The van der Waals surface area contributed by atoms with E-state index in [-0.39, 0.29) is 22.3 Å². The molecule has 0 aliphatic carbocycles. The Kier molecular flexibility index (Phi) is 19.9. The Hall–Kier alpha value is -3.68. The summed E-state index contributed by atoms with van der Waals surface area (Å²) in [6.07, 6.45) is 9.39. The summed E-state index contributed by atoms with van der Waals surface area (Å²) in [5.41, 5.74) is 1.09. The molecular weight excluding hydrogens is 536 g/mol. The predicted molar refractivity (Wildman–Crippen MR) is 163 cm³/mol. The summed E-state index contributed by atoms with van der Waals surface area (Å²) in [6.45, 7) is 9.72. The smallest absolute Gasteiger partial charge is 0.339 e. The summed E-state index contributed by atoms with van der Waals surface area (Å²) in [6, 6.07) is 13.2. The molecule has 0 bridgehead atoms. The topological polar surface area (TPSA) is 105 Å². The van der Waals surface area contributed by atoms with E-state index in [1.807, 2.05) is 13.8 Å². The summed E-state index contributed by atoms with van der Waals surface area (Å²) in [4.78, 5) is 48.0. The van der Waals surface area contributed by atoms with Crippen molar-refractivity contribution in [2.45, 2.75) is 91.9 Å². The molecule has 0 unspecified atom stereocenters. The Bertz CT molecular complexity index is 995. The number of unbranched alkanes of at least 4 members (excludes halogenated alkanes) is 6.